The zero-order valence-corrected chi connectivity index (χ0v) is 23.2. The van der Waals surface area contributed by atoms with Gasteiger partial charge in [-0.2, -0.15) is 0 Å². The van der Waals surface area contributed by atoms with E-state index in [1.807, 2.05) is 0 Å². The van der Waals surface area contributed by atoms with Crippen LogP contribution < -0.4 is 16.1 Å². The van der Waals surface area contributed by atoms with Gasteiger partial charge in [0.15, 0.2) is 21.2 Å². The van der Waals surface area contributed by atoms with Crippen LogP contribution in [0.4, 0.5) is 0 Å². The Bertz CT molecular complexity index is 1500. The third-order valence-electron chi connectivity index (χ3n) is 7.18. The molecule has 2 aliphatic heterocycles. The van der Waals surface area contributed by atoms with E-state index in [1.165, 1.54) is 36.6 Å². The average Bonchev–Trinajstić information content (AvgIpc) is 3.13. The predicted octanol–water partition coefficient (Wildman–Crippen LogP) is 2.21. The van der Waals surface area contributed by atoms with Crippen LogP contribution in [0.1, 0.15) is 23.9 Å². The van der Waals surface area contributed by atoms with Crippen LogP contribution in [0.5, 0.6) is 11.5 Å². The van der Waals surface area contributed by atoms with Gasteiger partial charge in [0, 0.05) is 30.9 Å². The summed E-state index contributed by atoms with van der Waals surface area (Å²) in [4.78, 5) is 49.6. The van der Waals surface area contributed by atoms with Crippen LogP contribution >= 0.6 is 55.1 Å². The Balaban J connectivity index is 1.87. The summed E-state index contributed by atoms with van der Waals surface area (Å²) in [6.45, 7) is 0.0471. The molecule has 1 saturated carbocycles. The van der Waals surface area contributed by atoms with E-state index in [0.29, 0.717) is 15.6 Å². The summed E-state index contributed by atoms with van der Waals surface area (Å²) in [5.74, 6) is -2.52. The number of carbonyl (C=O) groups excluding carboxylic acids is 2. The number of carbonyl (C=O) groups is 2. The quantitative estimate of drug-likeness (QED) is 0.302. The van der Waals surface area contributed by atoms with Crippen molar-refractivity contribution in [1.82, 2.24) is 18.8 Å². The number of ether oxygens (including phenoxy) is 1. The highest BCUT2D eigenvalue weighted by Gasteiger charge is 2.75. The summed E-state index contributed by atoms with van der Waals surface area (Å²) in [5.41, 5.74) is -0.158. The minimum Gasteiger partial charge on any atom is -0.503 e. The number of amides is 2. The lowest BCUT2D eigenvalue weighted by molar-refractivity contribution is -0.137. The molecule has 2 fully saturated rings. The Labute approximate surface area is 224 Å². The van der Waals surface area contributed by atoms with Gasteiger partial charge in [-0.05, 0) is 49.1 Å². The Morgan fingerprint density at radius 3 is 2.37 bits per heavy atom. The van der Waals surface area contributed by atoms with E-state index in [-0.39, 0.29) is 28.9 Å². The second-order valence-corrected chi connectivity index (χ2v) is 11.6. The number of halogens is 4. The van der Waals surface area contributed by atoms with Gasteiger partial charge in [-0.1, -0.05) is 6.08 Å². The SMILES string of the molecule is COc1cc([C@H]2C3=CCn4c(=O)n(C)c(=O)n4[C@@H]3C[C@@]3(Cl)C(=O)N(C)C(=O)[C@@]23Cl)c(Br)c(Br)c1O. The van der Waals surface area contributed by atoms with E-state index < -0.39 is 44.9 Å². The fraction of sp³-hybridized carbons (Fsp3) is 0.429. The molecule has 10 nitrogen and oxygen atoms in total. The zero-order chi connectivity index (χ0) is 25.8. The van der Waals surface area contributed by atoms with Crippen molar-refractivity contribution in [2.24, 2.45) is 7.05 Å². The molecule has 5 rings (SSSR count). The molecule has 1 N–H and O–H groups in total. The topological polar surface area (TPSA) is 116 Å². The van der Waals surface area contributed by atoms with E-state index in [1.54, 1.807) is 6.08 Å². The van der Waals surface area contributed by atoms with E-state index in [2.05, 4.69) is 31.9 Å². The monoisotopic (exact) mass is 650 g/mol. The van der Waals surface area contributed by atoms with Crippen molar-refractivity contribution in [2.75, 3.05) is 14.2 Å². The van der Waals surface area contributed by atoms with Gasteiger partial charge in [0.25, 0.3) is 11.8 Å². The van der Waals surface area contributed by atoms with Crippen molar-refractivity contribution < 1.29 is 19.4 Å². The third-order valence-corrected chi connectivity index (χ3v) is 10.7. The number of methoxy groups -OCH3 is 1. The average molecular weight is 653 g/mol. The highest BCUT2D eigenvalue weighted by Crippen LogP contribution is 2.64. The molecule has 3 heterocycles. The maximum absolute atomic E-state index is 13.5. The molecule has 2 aromatic rings. The number of hydrogen-bond acceptors (Lipinski definition) is 6. The normalized spacial score (nSPS) is 29.6. The highest BCUT2D eigenvalue weighted by atomic mass is 79.9. The lowest BCUT2D eigenvalue weighted by Gasteiger charge is -2.49. The number of alkyl halides is 2. The summed E-state index contributed by atoms with van der Waals surface area (Å²) in [5, 5.41) is 10.5. The van der Waals surface area contributed by atoms with Crippen molar-refractivity contribution in [2.45, 2.75) is 34.7 Å². The smallest absolute Gasteiger partial charge is 0.347 e. The molecule has 0 spiro atoms. The van der Waals surface area contributed by atoms with Gasteiger partial charge in [-0.3, -0.25) is 14.5 Å². The molecule has 3 aliphatic rings. The molecule has 1 aliphatic carbocycles. The predicted molar refractivity (Wildman–Crippen MR) is 133 cm³/mol. The number of allylic oxidation sites excluding steroid dienone is 2. The Hall–Kier alpha value is -2.02. The number of likely N-dealkylation sites (tertiary alicyclic amines) is 1. The third kappa shape index (κ3) is 2.82. The molecule has 0 radical (unpaired) electrons. The van der Waals surface area contributed by atoms with Gasteiger partial charge >= 0.3 is 11.4 Å². The van der Waals surface area contributed by atoms with Crippen LogP contribution in [0.25, 0.3) is 0 Å². The minimum atomic E-state index is -1.96. The summed E-state index contributed by atoms with van der Waals surface area (Å²) in [6, 6.07) is 0.665. The first-order valence-corrected chi connectivity index (χ1v) is 12.7. The molecule has 2 amide bonds. The molecular weight excluding hydrogens is 635 g/mol. The number of rotatable bonds is 2. The number of fused-ring (bicyclic) bond motifs is 4. The van der Waals surface area contributed by atoms with Crippen LogP contribution in [0, 0.1) is 0 Å². The highest BCUT2D eigenvalue weighted by molar-refractivity contribution is 9.13. The Kier molecular flexibility index (Phi) is 5.45. The molecule has 1 aromatic carbocycles. The molecule has 0 bridgehead atoms. The maximum Gasteiger partial charge on any atom is 0.347 e. The van der Waals surface area contributed by atoms with E-state index >= 15 is 0 Å². The first-order valence-electron chi connectivity index (χ1n) is 10.4. The molecule has 4 atom stereocenters. The van der Waals surface area contributed by atoms with E-state index in [4.69, 9.17) is 27.9 Å². The van der Waals surface area contributed by atoms with Crippen molar-refractivity contribution in [3.63, 3.8) is 0 Å². The van der Waals surface area contributed by atoms with Crippen molar-refractivity contribution in [1.29, 1.82) is 0 Å². The van der Waals surface area contributed by atoms with Gasteiger partial charge in [0.2, 0.25) is 0 Å². The maximum atomic E-state index is 13.5. The summed E-state index contributed by atoms with van der Waals surface area (Å²) in [7, 11) is 4.03. The molecular formula is C21H18Br2Cl2N4O6. The van der Waals surface area contributed by atoms with E-state index in [9.17, 15) is 24.3 Å². The lowest BCUT2D eigenvalue weighted by Crippen LogP contribution is -2.59. The second kappa shape index (κ2) is 7.74. The van der Waals surface area contributed by atoms with Crippen LogP contribution in [-0.2, 0) is 23.2 Å². The molecule has 1 saturated heterocycles. The Morgan fingerprint density at radius 2 is 1.74 bits per heavy atom. The number of benzene rings is 1. The van der Waals surface area contributed by atoms with Crippen LogP contribution in [0.15, 0.2) is 36.3 Å². The van der Waals surface area contributed by atoms with Gasteiger partial charge < -0.3 is 9.84 Å². The van der Waals surface area contributed by atoms with Gasteiger partial charge in [-0.25, -0.2) is 23.5 Å². The van der Waals surface area contributed by atoms with Crippen molar-refractivity contribution in [3.8, 4) is 11.5 Å². The van der Waals surface area contributed by atoms with Gasteiger partial charge in [0.1, 0.15) is 0 Å². The molecule has 1 aromatic heterocycles. The number of imide groups is 1. The number of nitrogens with zero attached hydrogens (tertiary/aromatic N) is 4. The summed E-state index contributed by atoms with van der Waals surface area (Å²) >= 11 is 20.9. The number of hydrogen-bond donors (Lipinski definition) is 1. The number of aromatic nitrogens is 3. The number of phenolic OH excluding ortho intramolecular Hbond substituents is 1. The number of aromatic hydroxyl groups is 1. The fourth-order valence-corrected chi connectivity index (χ4v) is 7.38. The molecule has 0 unspecified atom stereocenters. The largest absolute Gasteiger partial charge is 0.503 e. The van der Waals surface area contributed by atoms with Crippen LogP contribution in [0.2, 0.25) is 0 Å². The number of phenols is 1. The van der Waals surface area contributed by atoms with Gasteiger partial charge in [0.05, 0.1) is 24.2 Å². The lowest BCUT2D eigenvalue weighted by atomic mass is 9.64. The van der Waals surface area contributed by atoms with Gasteiger partial charge in [-0.15, -0.1) is 23.2 Å². The van der Waals surface area contributed by atoms with Crippen molar-refractivity contribution >= 4 is 66.9 Å². The molecule has 14 heteroatoms. The standard InChI is InChI=1S/C21H18Br2Cl2N4O6/c1-26-16(31)20(24)7-10-8(4-5-28-18(33)27(2)19(34)29(10)28)12(21(20,25)17(26)32)9-6-11(35-3)15(30)14(23)13(9)22/h4,6,10,12,30H,5,7H2,1-3H3/t10-,12-,20-,21+/m1/s1. The van der Waals surface area contributed by atoms with Crippen molar-refractivity contribution in [3.05, 3.63) is 53.2 Å². The first kappa shape index (κ1) is 24.7. The summed E-state index contributed by atoms with van der Waals surface area (Å²) < 4.78 is 9.42. The first-order chi connectivity index (χ1) is 16.3. The Morgan fingerprint density at radius 1 is 1.09 bits per heavy atom. The fourth-order valence-electron chi connectivity index (χ4n) is 5.44. The minimum absolute atomic E-state index is 0.0471. The summed E-state index contributed by atoms with van der Waals surface area (Å²) in [6.07, 6.45) is 1.54. The molecule has 35 heavy (non-hydrogen) atoms. The van der Waals surface area contributed by atoms with E-state index in [0.717, 1.165) is 9.47 Å². The van der Waals surface area contributed by atoms with Crippen LogP contribution in [0.3, 0.4) is 0 Å². The molecule has 186 valence electrons. The zero-order valence-electron chi connectivity index (χ0n) is 18.5. The van der Waals surface area contributed by atoms with Crippen LogP contribution in [-0.4, -0.2) is 59.7 Å². The second-order valence-electron chi connectivity index (χ2n) is 8.73.